The highest BCUT2D eigenvalue weighted by molar-refractivity contribution is 9.10. The van der Waals surface area contributed by atoms with Gasteiger partial charge in [-0.2, -0.15) is 9.61 Å². The summed E-state index contributed by atoms with van der Waals surface area (Å²) in [7, 11) is 0. The van der Waals surface area contributed by atoms with E-state index in [0.717, 1.165) is 46.8 Å². The number of imidazole rings is 1. The van der Waals surface area contributed by atoms with Crippen LogP contribution in [0.1, 0.15) is 17.9 Å². The predicted octanol–water partition coefficient (Wildman–Crippen LogP) is 2.57. The van der Waals surface area contributed by atoms with Gasteiger partial charge >= 0.3 is 0 Å². The first-order chi connectivity index (χ1) is 9.74. The summed E-state index contributed by atoms with van der Waals surface area (Å²) in [6.45, 7) is 2.84. The molecule has 104 valence electrons. The van der Waals surface area contributed by atoms with Crippen LogP contribution >= 0.6 is 15.9 Å². The molecule has 20 heavy (non-hydrogen) atoms. The molecule has 0 aromatic carbocycles. The molecule has 0 bridgehead atoms. The van der Waals surface area contributed by atoms with Crippen molar-refractivity contribution in [3.63, 3.8) is 0 Å². The van der Waals surface area contributed by atoms with Gasteiger partial charge in [0.1, 0.15) is 11.6 Å². The fourth-order valence-corrected chi connectivity index (χ4v) is 2.44. The summed E-state index contributed by atoms with van der Waals surface area (Å²) < 4.78 is 2.71. The summed E-state index contributed by atoms with van der Waals surface area (Å²) in [6, 6.07) is 2.00. The van der Waals surface area contributed by atoms with Crippen molar-refractivity contribution in [2.75, 3.05) is 11.9 Å². The Kier molecular flexibility index (Phi) is 3.68. The van der Waals surface area contributed by atoms with E-state index in [0.29, 0.717) is 0 Å². The molecule has 0 aliphatic heterocycles. The van der Waals surface area contributed by atoms with Gasteiger partial charge in [-0.05, 0) is 29.3 Å². The molecule has 3 aromatic rings. The van der Waals surface area contributed by atoms with Crippen LogP contribution in [0.4, 0.5) is 5.82 Å². The SMILES string of the molecule is Cc1cc(NCCCc2ncc[nH]2)n2ncc(Br)c2n1. The number of halogens is 1. The van der Waals surface area contributed by atoms with Gasteiger partial charge in [-0.1, -0.05) is 0 Å². The van der Waals surface area contributed by atoms with Crippen LogP contribution in [-0.4, -0.2) is 31.1 Å². The molecule has 3 heterocycles. The van der Waals surface area contributed by atoms with Crippen molar-refractivity contribution in [3.8, 4) is 0 Å². The number of nitrogens with one attached hydrogen (secondary N) is 2. The molecule has 0 amide bonds. The van der Waals surface area contributed by atoms with Gasteiger partial charge < -0.3 is 10.3 Å². The number of rotatable bonds is 5. The van der Waals surface area contributed by atoms with Crippen molar-refractivity contribution in [3.05, 3.63) is 40.6 Å². The molecule has 2 N–H and O–H groups in total. The second-order valence-electron chi connectivity index (χ2n) is 4.58. The summed E-state index contributed by atoms with van der Waals surface area (Å²) in [5.74, 6) is 1.97. The smallest absolute Gasteiger partial charge is 0.171 e. The Labute approximate surface area is 124 Å². The monoisotopic (exact) mass is 334 g/mol. The van der Waals surface area contributed by atoms with Crippen molar-refractivity contribution in [1.29, 1.82) is 0 Å². The number of aromatic nitrogens is 5. The molecular weight excluding hydrogens is 320 g/mol. The van der Waals surface area contributed by atoms with Crippen LogP contribution in [0.2, 0.25) is 0 Å². The molecule has 3 rings (SSSR count). The van der Waals surface area contributed by atoms with Gasteiger partial charge in [0.15, 0.2) is 5.65 Å². The van der Waals surface area contributed by atoms with E-state index in [-0.39, 0.29) is 0 Å². The standard InChI is InChI=1S/C13H15BrN6/c1-9-7-12(20-13(19-9)10(14)8-18-20)17-4-2-3-11-15-5-6-16-11/h5-8,17H,2-4H2,1H3,(H,15,16). The van der Waals surface area contributed by atoms with E-state index in [1.165, 1.54) is 0 Å². The number of hydrogen-bond donors (Lipinski definition) is 2. The first-order valence-corrected chi connectivity index (χ1v) is 7.26. The number of H-pyrrole nitrogens is 1. The molecule has 7 heteroatoms. The van der Waals surface area contributed by atoms with Gasteiger partial charge in [-0.15, -0.1) is 0 Å². The molecule has 0 fully saturated rings. The van der Waals surface area contributed by atoms with Gasteiger partial charge in [-0.25, -0.2) is 9.97 Å². The number of nitrogens with zero attached hydrogens (tertiary/aromatic N) is 4. The van der Waals surface area contributed by atoms with Crippen LogP contribution in [0.25, 0.3) is 5.65 Å². The number of hydrogen-bond acceptors (Lipinski definition) is 4. The Morgan fingerprint density at radius 2 is 2.35 bits per heavy atom. The molecular formula is C13H15BrN6. The highest BCUT2D eigenvalue weighted by Gasteiger charge is 2.08. The third-order valence-corrected chi connectivity index (χ3v) is 3.57. The van der Waals surface area contributed by atoms with E-state index in [2.05, 4.69) is 41.3 Å². The van der Waals surface area contributed by atoms with Crippen LogP contribution in [0.15, 0.2) is 29.1 Å². The Bertz CT molecular complexity index is 703. The van der Waals surface area contributed by atoms with Gasteiger partial charge in [0.05, 0.1) is 10.7 Å². The van der Waals surface area contributed by atoms with Crippen LogP contribution in [0, 0.1) is 6.92 Å². The fraction of sp³-hybridized carbons (Fsp3) is 0.308. The molecule has 3 aromatic heterocycles. The van der Waals surface area contributed by atoms with Crippen molar-refractivity contribution in [2.24, 2.45) is 0 Å². The Morgan fingerprint density at radius 1 is 1.45 bits per heavy atom. The van der Waals surface area contributed by atoms with Gasteiger partial charge in [0.2, 0.25) is 0 Å². The highest BCUT2D eigenvalue weighted by Crippen LogP contribution is 2.19. The molecule has 0 atom stereocenters. The topological polar surface area (TPSA) is 70.9 Å². The van der Waals surface area contributed by atoms with Crippen molar-refractivity contribution in [2.45, 2.75) is 19.8 Å². The lowest BCUT2D eigenvalue weighted by Crippen LogP contribution is -2.09. The Balaban J connectivity index is 1.68. The van der Waals surface area contributed by atoms with Crippen molar-refractivity contribution >= 4 is 27.4 Å². The minimum atomic E-state index is 0.832. The maximum absolute atomic E-state index is 4.46. The fourth-order valence-electron chi connectivity index (χ4n) is 2.09. The lowest BCUT2D eigenvalue weighted by Gasteiger charge is -2.08. The van der Waals surface area contributed by atoms with Crippen molar-refractivity contribution < 1.29 is 0 Å². The number of fused-ring (bicyclic) bond motifs is 1. The number of aromatic amines is 1. The molecule has 0 unspecified atom stereocenters. The quantitative estimate of drug-likeness (QED) is 0.703. The zero-order valence-corrected chi connectivity index (χ0v) is 12.7. The summed E-state index contributed by atoms with van der Waals surface area (Å²) >= 11 is 3.46. The molecule has 0 aliphatic carbocycles. The van der Waals surface area contributed by atoms with Crippen LogP contribution < -0.4 is 5.32 Å². The maximum Gasteiger partial charge on any atom is 0.171 e. The number of anilines is 1. The average Bonchev–Trinajstić information content (AvgIpc) is 3.05. The lowest BCUT2D eigenvalue weighted by molar-refractivity contribution is 0.805. The first-order valence-electron chi connectivity index (χ1n) is 6.47. The van der Waals surface area contributed by atoms with Gasteiger partial charge in [-0.3, -0.25) is 0 Å². The van der Waals surface area contributed by atoms with Gasteiger partial charge in [0.25, 0.3) is 0 Å². The highest BCUT2D eigenvalue weighted by atomic mass is 79.9. The zero-order valence-electron chi connectivity index (χ0n) is 11.1. The average molecular weight is 335 g/mol. The van der Waals surface area contributed by atoms with Crippen LogP contribution in [0.5, 0.6) is 0 Å². The summed E-state index contributed by atoms with van der Waals surface area (Å²) in [5, 5.41) is 7.72. The van der Waals surface area contributed by atoms with E-state index >= 15 is 0 Å². The molecule has 0 aliphatic rings. The second-order valence-corrected chi connectivity index (χ2v) is 5.43. The molecule has 0 saturated heterocycles. The molecule has 0 saturated carbocycles. The third-order valence-electron chi connectivity index (χ3n) is 3.01. The Hall–Kier alpha value is -1.89. The zero-order chi connectivity index (χ0) is 13.9. The second kappa shape index (κ2) is 5.62. The van der Waals surface area contributed by atoms with E-state index in [1.54, 1.807) is 12.4 Å². The summed E-state index contributed by atoms with van der Waals surface area (Å²) in [5.41, 5.74) is 1.80. The summed E-state index contributed by atoms with van der Waals surface area (Å²) in [4.78, 5) is 11.8. The summed E-state index contributed by atoms with van der Waals surface area (Å²) in [6.07, 6.45) is 7.31. The first kappa shape index (κ1) is 13.1. The normalized spacial score (nSPS) is 11.1. The number of aryl methyl sites for hydroxylation is 2. The molecule has 6 nitrogen and oxygen atoms in total. The van der Waals surface area contributed by atoms with Gasteiger partial charge in [0, 0.05) is 37.1 Å². The van der Waals surface area contributed by atoms with Crippen LogP contribution in [-0.2, 0) is 6.42 Å². The largest absolute Gasteiger partial charge is 0.370 e. The lowest BCUT2D eigenvalue weighted by atomic mass is 10.3. The third kappa shape index (κ3) is 2.67. The molecule has 0 spiro atoms. The van der Waals surface area contributed by atoms with E-state index in [4.69, 9.17) is 0 Å². The maximum atomic E-state index is 4.46. The minimum Gasteiger partial charge on any atom is -0.370 e. The van der Waals surface area contributed by atoms with Crippen LogP contribution in [0.3, 0.4) is 0 Å². The predicted molar refractivity (Wildman–Crippen MR) is 80.8 cm³/mol. The Morgan fingerprint density at radius 3 is 3.15 bits per heavy atom. The van der Waals surface area contributed by atoms with Crippen molar-refractivity contribution in [1.82, 2.24) is 24.6 Å². The van der Waals surface area contributed by atoms with E-state index in [1.807, 2.05) is 23.7 Å². The van der Waals surface area contributed by atoms with E-state index in [9.17, 15) is 0 Å². The van der Waals surface area contributed by atoms with E-state index < -0.39 is 0 Å². The minimum absolute atomic E-state index is 0.832. The molecule has 0 radical (unpaired) electrons.